The van der Waals surface area contributed by atoms with E-state index in [9.17, 15) is 14.7 Å². The van der Waals surface area contributed by atoms with Gasteiger partial charge >= 0.3 is 11.9 Å². The van der Waals surface area contributed by atoms with Crippen molar-refractivity contribution in [1.29, 1.82) is 0 Å². The first-order valence-corrected chi connectivity index (χ1v) is 17.1. The third-order valence-corrected chi connectivity index (χ3v) is 7.96. The normalized spacial score (nSPS) is 17.4. The molecule has 0 saturated carbocycles. The average molecular weight is 685 g/mol. The van der Waals surface area contributed by atoms with Crippen molar-refractivity contribution in [3.05, 3.63) is 58.7 Å². The van der Waals surface area contributed by atoms with Crippen molar-refractivity contribution in [2.24, 2.45) is 0 Å². The summed E-state index contributed by atoms with van der Waals surface area (Å²) in [5, 5.41) is 11.0. The lowest BCUT2D eigenvalue weighted by atomic mass is 10.0. The number of rotatable bonds is 13. The lowest BCUT2D eigenvalue weighted by molar-refractivity contribution is -0.181. The average Bonchev–Trinajstić information content (AvgIpc) is 2.96. The Hall–Kier alpha value is -3.22. The molecule has 0 aromatic heterocycles. The highest BCUT2D eigenvalue weighted by Crippen LogP contribution is 2.36. The monoisotopic (exact) mass is 684 g/mol. The molecule has 1 unspecified atom stereocenters. The van der Waals surface area contributed by atoms with Gasteiger partial charge in [-0.3, -0.25) is 19.4 Å². The smallest absolute Gasteiger partial charge is 0.320 e. The van der Waals surface area contributed by atoms with Crippen molar-refractivity contribution in [1.82, 2.24) is 9.80 Å². The van der Waals surface area contributed by atoms with E-state index in [0.717, 1.165) is 33.8 Å². The summed E-state index contributed by atoms with van der Waals surface area (Å²) in [5.41, 5.74) is 2.35. The number of carbonyl (C=O) groups is 2. The highest BCUT2D eigenvalue weighted by Gasteiger charge is 2.33. The van der Waals surface area contributed by atoms with Crippen LogP contribution in [-0.4, -0.2) is 81.9 Å². The second kappa shape index (κ2) is 15.3. The minimum Gasteiger partial charge on any atom is -0.462 e. The second-order valence-electron chi connectivity index (χ2n) is 15.8. The SMILES string of the molecule is CC(C)(C)OC(=O)CCN(Cc1cccc2c1OC(C)(C)OC2)C(CO)CN(CC(=O)OC(C)(C)C)Cc1cccc2c1OC(C)(C)OC2. The first-order chi connectivity index (χ1) is 22.7. The molecule has 2 aromatic carbocycles. The van der Waals surface area contributed by atoms with Crippen molar-refractivity contribution < 1.29 is 43.1 Å². The summed E-state index contributed by atoms with van der Waals surface area (Å²) >= 11 is 0. The molecule has 2 aliphatic rings. The van der Waals surface area contributed by atoms with E-state index in [1.807, 2.05) is 111 Å². The van der Waals surface area contributed by atoms with Gasteiger partial charge in [0.2, 0.25) is 11.6 Å². The maximum atomic E-state index is 13.3. The van der Waals surface area contributed by atoms with E-state index in [1.165, 1.54) is 0 Å². The van der Waals surface area contributed by atoms with Gasteiger partial charge in [-0.25, -0.2) is 0 Å². The molecule has 11 nitrogen and oxygen atoms in total. The van der Waals surface area contributed by atoms with Crippen LogP contribution in [0.5, 0.6) is 11.5 Å². The lowest BCUT2D eigenvalue weighted by Crippen LogP contribution is -2.48. The van der Waals surface area contributed by atoms with Gasteiger partial charge in [0.05, 0.1) is 32.8 Å². The Morgan fingerprint density at radius 1 is 0.796 bits per heavy atom. The highest BCUT2D eigenvalue weighted by atomic mass is 16.7. The molecule has 0 spiro atoms. The maximum Gasteiger partial charge on any atom is 0.320 e. The zero-order chi connectivity index (χ0) is 36.2. The molecule has 1 atom stereocenters. The van der Waals surface area contributed by atoms with E-state index >= 15 is 0 Å². The molecule has 272 valence electrons. The molecular weight excluding hydrogens is 628 g/mol. The number of esters is 2. The fraction of sp³-hybridized carbons (Fsp3) is 0.632. The van der Waals surface area contributed by atoms with Crippen LogP contribution in [0.2, 0.25) is 0 Å². The molecule has 2 aliphatic heterocycles. The molecule has 0 radical (unpaired) electrons. The minimum atomic E-state index is -0.804. The van der Waals surface area contributed by atoms with Crippen molar-refractivity contribution in [3.8, 4) is 11.5 Å². The zero-order valence-electron chi connectivity index (χ0n) is 31.0. The number of aliphatic hydroxyl groups excluding tert-OH is 1. The molecule has 2 heterocycles. The van der Waals surface area contributed by atoms with E-state index in [2.05, 4.69) is 4.90 Å². The third-order valence-electron chi connectivity index (χ3n) is 7.96. The second-order valence-corrected chi connectivity index (χ2v) is 15.8. The van der Waals surface area contributed by atoms with Crippen molar-refractivity contribution in [2.45, 2.75) is 131 Å². The quantitative estimate of drug-likeness (QED) is 0.262. The summed E-state index contributed by atoms with van der Waals surface area (Å²) in [6.07, 6.45) is 0.111. The van der Waals surface area contributed by atoms with Crippen LogP contribution in [0.25, 0.3) is 0 Å². The molecule has 0 amide bonds. The topological polar surface area (TPSA) is 116 Å². The summed E-state index contributed by atoms with van der Waals surface area (Å²) in [5.74, 6) is -0.858. The number of ether oxygens (including phenoxy) is 6. The van der Waals surface area contributed by atoms with Gasteiger partial charge in [-0.1, -0.05) is 36.4 Å². The fourth-order valence-corrected chi connectivity index (χ4v) is 5.87. The number of nitrogens with zero attached hydrogens (tertiary/aromatic N) is 2. The summed E-state index contributed by atoms with van der Waals surface area (Å²) < 4.78 is 35.7. The molecule has 0 bridgehead atoms. The van der Waals surface area contributed by atoms with Gasteiger partial charge in [-0.05, 0) is 41.5 Å². The Morgan fingerprint density at radius 2 is 1.29 bits per heavy atom. The van der Waals surface area contributed by atoms with Gasteiger partial charge in [0, 0.05) is 82.2 Å². The molecule has 49 heavy (non-hydrogen) atoms. The molecule has 0 saturated heterocycles. The Kier molecular flexibility index (Phi) is 12.1. The number of aliphatic hydroxyl groups is 1. The molecule has 11 heteroatoms. The van der Waals surface area contributed by atoms with Crippen molar-refractivity contribution in [2.75, 3.05) is 26.2 Å². The predicted octanol–water partition coefficient (Wildman–Crippen LogP) is 5.72. The van der Waals surface area contributed by atoms with Crippen LogP contribution < -0.4 is 9.47 Å². The van der Waals surface area contributed by atoms with Crippen LogP contribution >= 0.6 is 0 Å². The molecule has 2 aromatic rings. The Bertz CT molecular complexity index is 1460. The Morgan fingerprint density at radius 3 is 1.78 bits per heavy atom. The van der Waals surface area contributed by atoms with E-state index in [4.69, 9.17) is 28.4 Å². The molecule has 0 fully saturated rings. The van der Waals surface area contributed by atoms with Gasteiger partial charge in [0.15, 0.2) is 0 Å². The summed E-state index contributed by atoms with van der Waals surface area (Å²) in [6, 6.07) is 11.3. The number of carbonyl (C=O) groups excluding carboxylic acids is 2. The molecule has 4 rings (SSSR count). The van der Waals surface area contributed by atoms with Crippen molar-refractivity contribution in [3.63, 3.8) is 0 Å². The van der Waals surface area contributed by atoms with Gasteiger partial charge in [-0.2, -0.15) is 0 Å². The standard InChI is InChI=1S/C38H56N2O9/c1-35(2,3)46-31(42)17-18-40(20-27-14-12-16-29-25-45-38(9,10)49-34(27)29)30(23-41)21-39(22-32(43)47-36(4,5)6)19-26-13-11-15-28-24-44-37(7,8)48-33(26)28/h11-16,30,41H,17-25H2,1-10H3. The third kappa shape index (κ3) is 11.7. The minimum absolute atomic E-state index is 0.0212. The summed E-state index contributed by atoms with van der Waals surface area (Å²) in [6.45, 7) is 20.4. The van der Waals surface area contributed by atoms with Gasteiger partial charge in [0.1, 0.15) is 22.7 Å². The number of para-hydroxylation sites is 2. The van der Waals surface area contributed by atoms with Gasteiger partial charge < -0.3 is 33.5 Å². The van der Waals surface area contributed by atoms with Crippen LogP contribution in [0.3, 0.4) is 0 Å². The fourth-order valence-electron chi connectivity index (χ4n) is 5.87. The van der Waals surface area contributed by atoms with Crippen LogP contribution in [0.1, 0.15) is 97.9 Å². The Labute approximate surface area is 291 Å². The number of hydrogen-bond donors (Lipinski definition) is 1. The lowest BCUT2D eigenvalue weighted by Gasteiger charge is -2.38. The maximum absolute atomic E-state index is 13.3. The van der Waals surface area contributed by atoms with Crippen LogP contribution in [0.4, 0.5) is 0 Å². The van der Waals surface area contributed by atoms with Gasteiger partial charge in [-0.15, -0.1) is 0 Å². The first kappa shape index (κ1) is 38.6. The highest BCUT2D eigenvalue weighted by molar-refractivity contribution is 5.72. The summed E-state index contributed by atoms with van der Waals surface area (Å²) in [4.78, 5) is 30.2. The molecule has 1 N–H and O–H groups in total. The van der Waals surface area contributed by atoms with Crippen LogP contribution in [0, 0.1) is 0 Å². The summed E-state index contributed by atoms with van der Waals surface area (Å²) in [7, 11) is 0. The van der Waals surface area contributed by atoms with E-state index in [1.54, 1.807) is 0 Å². The largest absolute Gasteiger partial charge is 0.462 e. The molecular formula is C38H56N2O9. The Balaban J connectivity index is 1.66. The first-order valence-electron chi connectivity index (χ1n) is 17.1. The van der Waals surface area contributed by atoms with Crippen LogP contribution in [0.15, 0.2) is 36.4 Å². The zero-order valence-corrected chi connectivity index (χ0v) is 31.0. The van der Waals surface area contributed by atoms with Gasteiger partial charge in [0.25, 0.3) is 0 Å². The molecule has 0 aliphatic carbocycles. The number of fused-ring (bicyclic) bond motifs is 2. The van der Waals surface area contributed by atoms with E-state index in [0.29, 0.717) is 32.8 Å². The van der Waals surface area contributed by atoms with E-state index < -0.39 is 28.8 Å². The number of benzene rings is 2. The number of hydrogen-bond acceptors (Lipinski definition) is 11. The predicted molar refractivity (Wildman–Crippen MR) is 185 cm³/mol. The van der Waals surface area contributed by atoms with E-state index in [-0.39, 0.29) is 38.1 Å². The van der Waals surface area contributed by atoms with Crippen LogP contribution in [-0.2, 0) is 54.8 Å². The van der Waals surface area contributed by atoms with Crippen molar-refractivity contribution >= 4 is 11.9 Å².